The van der Waals surface area contributed by atoms with Gasteiger partial charge >= 0.3 is 0 Å². The van der Waals surface area contributed by atoms with Crippen LogP contribution >= 0.6 is 11.8 Å². The minimum Gasteiger partial charge on any atom is -0.351 e. The number of thioether (sulfide) groups is 1. The zero-order valence-corrected chi connectivity index (χ0v) is 12.8. The van der Waals surface area contributed by atoms with Crippen LogP contribution in [0.15, 0.2) is 47.6 Å². The largest absolute Gasteiger partial charge is 0.351 e. The van der Waals surface area contributed by atoms with Gasteiger partial charge in [-0.15, -0.1) is 11.8 Å². The molecular formula is C15H15N3O3S. The van der Waals surface area contributed by atoms with Gasteiger partial charge in [-0.25, -0.2) is 4.98 Å². The summed E-state index contributed by atoms with van der Waals surface area (Å²) in [5.41, 5.74) is 0.662. The van der Waals surface area contributed by atoms with E-state index in [0.29, 0.717) is 23.4 Å². The van der Waals surface area contributed by atoms with E-state index in [2.05, 4.69) is 10.3 Å². The van der Waals surface area contributed by atoms with Crippen molar-refractivity contribution in [1.29, 1.82) is 0 Å². The molecule has 6 nitrogen and oxygen atoms in total. The highest BCUT2D eigenvalue weighted by Gasteiger charge is 2.17. The van der Waals surface area contributed by atoms with Crippen molar-refractivity contribution in [3.63, 3.8) is 0 Å². The molecule has 0 spiro atoms. The first-order valence-electron chi connectivity index (χ1n) is 6.65. The standard InChI is InChI=1S/C15H15N3O3S/c1-11-12(5-4-6-13(11)18(20)21)15(19)17-9-10-22-14-7-2-3-8-16-14/h2-8H,9-10H2,1H3,(H,17,19). The minimum absolute atomic E-state index is 0.0458. The Labute approximate surface area is 132 Å². The smallest absolute Gasteiger partial charge is 0.273 e. The van der Waals surface area contributed by atoms with Gasteiger partial charge in [0.1, 0.15) is 0 Å². The average molecular weight is 317 g/mol. The lowest BCUT2D eigenvalue weighted by molar-refractivity contribution is -0.385. The van der Waals surface area contributed by atoms with E-state index in [1.54, 1.807) is 19.2 Å². The van der Waals surface area contributed by atoms with Gasteiger partial charge in [0.05, 0.1) is 9.95 Å². The highest BCUT2D eigenvalue weighted by atomic mass is 32.2. The number of hydrogen-bond acceptors (Lipinski definition) is 5. The lowest BCUT2D eigenvalue weighted by Gasteiger charge is -2.07. The number of pyridine rings is 1. The molecule has 1 heterocycles. The second-order valence-electron chi connectivity index (χ2n) is 4.48. The highest BCUT2D eigenvalue weighted by Crippen LogP contribution is 2.21. The lowest BCUT2D eigenvalue weighted by Crippen LogP contribution is -2.26. The number of amides is 1. The number of benzene rings is 1. The van der Waals surface area contributed by atoms with E-state index >= 15 is 0 Å². The Morgan fingerprint density at radius 1 is 1.32 bits per heavy atom. The van der Waals surface area contributed by atoms with E-state index < -0.39 is 4.92 Å². The van der Waals surface area contributed by atoms with Crippen LogP contribution in [-0.4, -0.2) is 28.1 Å². The second-order valence-corrected chi connectivity index (χ2v) is 5.59. The Kier molecular flexibility index (Phi) is 5.48. The van der Waals surface area contributed by atoms with Gasteiger partial charge in [0, 0.05) is 35.7 Å². The fraction of sp³-hybridized carbons (Fsp3) is 0.200. The van der Waals surface area contributed by atoms with Gasteiger partial charge in [0.25, 0.3) is 11.6 Å². The van der Waals surface area contributed by atoms with Crippen LogP contribution in [0.4, 0.5) is 5.69 Å². The van der Waals surface area contributed by atoms with E-state index in [1.165, 1.54) is 23.9 Å². The maximum Gasteiger partial charge on any atom is 0.273 e. The summed E-state index contributed by atoms with van der Waals surface area (Å²) in [6, 6.07) is 10.1. The summed E-state index contributed by atoms with van der Waals surface area (Å²) >= 11 is 1.54. The molecule has 1 N–H and O–H groups in total. The predicted molar refractivity (Wildman–Crippen MR) is 85.1 cm³/mol. The molecule has 0 bridgehead atoms. The van der Waals surface area contributed by atoms with E-state index in [1.807, 2.05) is 18.2 Å². The van der Waals surface area contributed by atoms with Gasteiger partial charge in [-0.2, -0.15) is 0 Å². The number of carbonyl (C=O) groups is 1. The lowest BCUT2D eigenvalue weighted by atomic mass is 10.1. The fourth-order valence-corrected chi connectivity index (χ4v) is 2.64. The number of nitro benzene ring substituents is 1. The Bertz CT molecular complexity index is 677. The normalized spacial score (nSPS) is 10.2. The molecule has 0 aliphatic heterocycles. The molecule has 0 fully saturated rings. The van der Waals surface area contributed by atoms with Crippen molar-refractivity contribution >= 4 is 23.4 Å². The maximum absolute atomic E-state index is 12.1. The Balaban J connectivity index is 1.90. The fourth-order valence-electron chi connectivity index (χ4n) is 1.92. The van der Waals surface area contributed by atoms with Crippen molar-refractivity contribution in [2.75, 3.05) is 12.3 Å². The average Bonchev–Trinajstić information content (AvgIpc) is 2.52. The molecule has 2 rings (SSSR count). The van der Waals surface area contributed by atoms with Crippen LogP contribution in [0, 0.1) is 17.0 Å². The van der Waals surface area contributed by atoms with Crippen molar-refractivity contribution in [3.8, 4) is 0 Å². The number of nitro groups is 1. The van der Waals surface area contributed by atoms with Crippen LogP contribution in [0.3, 0.4) is 0 Å². The van der Waals surface area contributed by atoms with Gasteiger partial charge in [-0.05, 0) is 25.1 Å². The molecule has 22 heavy (non-hydrogen) atoms. The Morgan fingerprint density at radius 3 is 2.82 bits per heavy atom. The summed E-state index contributed by atoms with van der Waals surface area (Å²) in [5.74, 6) is 0.374. The number of carbonyl (C=O) groups excluding carboxylic acids is 1. The SMILES string of the molecule is Cc1c(C(=O)NCCSc2ccccn2)cccc1[N+](=O)[O-]. The number of nitrogens with zero attached hydrogens (tertiary/aromatic N) is 2. The van der Waals surface area contributed by atoms with E-state index in [4.69, 9.17) is 0 Å². The molecule has 0 saturated heterocycles. The molecule has 0 atom stereocenters. The first-order chi connectivity index (χ1) is 10.6. The van der Waals surface area contributed by atoms with Crippen molar-refractivity contribution in [1.82, 2.24) is 10.3 Å². The summed E-state index contributed by atoms with van der Waals surface area (Å²) < 4.78 is 0. The molecule has 1 aromatic carbocycles. The van der Waals surface area contributed by atoms with Crippen LogP contribution in [0.1, 0.15) is 15.9 Å². The first-order valence-corrected chi connectivity index (χ1v) is 7.64. The van der Waals surface area contributed by atoms with Crippen molar-refractivity contribution in [3.05, 3.63) is 63.8 Å². The molecule has 7 heteroatoms. The Morgan fingerprint density at radius 2 is 2.14 bits per heavy atom. The number of hydrogen-bond donors (Lipinski definition) is 1. The predicted octanol–water partition coefficient (Wildman–Crippen LogP) is 2.82. The van der Waals surface area contributed by atoms with Gasteiger partial charge in [0.2, 0.25) is 0 Å². The van der Waals surface area contributed by atoms with Gasteiger partial charge < -0.3 is 5.32 Å². The summed E-state index contributed by atoms with van der Waals surface area (Å²) in [6.07, 6.45) is 1.72. The number of rotatable bonds is 6. The zero-order valence-electron chi connectivity index (χ0n) is 12.0. The monoisotopic (exact) mass is 317 g/mol. The van der Waals surface area contributed by atoms with Crippen LogP contribution in [0.25, 0.3) is 0 Å². The molecule has 0 aliphatic carbocycles. The van der Waals surface area contributed by atoms with Crippen molar-refractivity contribution in [2.24, 2.45) is 0 Å². The van der Waals surface area contributed by atoms with Crippen molar-refractivity contribution in [2.45, 2.75) is 11.9 Å². The third-order valence-electron chi connectivity index (χ3n) is 3.02. The van der Waals surface area contributed by atoms with Crippen LogP contribution in [0.2, 0.25) is 0 Å². The van der Waals surface area contributed by atoms with Crippen LogP contribution in [-0.2, 0) is 0 Å². The summed E-state index contributed by atoms with van der Waals surface area (Å²) in [7, 11) is 0. The molecule has 2 aromatic rings. The van der Waals surface area contributed by atoms with Crippen LogP contribution in [0.5, 0.6) is 0 Å². The molecule has 0 radical (unpaired) electrons. The molecule has 0 aliphatic rings. The number of nitrogens with one attached hydrogen (secondary N) is 1. The molecule has 0 saturated carbocycles. The Hall–Kier alpha value is -2.41. The summed E-state index contributed by atoms with van der Waals surface area (Å²) in [4.78, 5) is 26.7. The van der Waals surface area contributed by atoms with Gasteiger partial charge in [0.15, 0.2) is 0 Å². The third kappa shape index (κ3) is 4.05. The summed E-state index contributed by atoms with van der Waals surface area (Å²) in [6.45, 7) is 2.04. The van der Waals surface area contributed by atoms with E-state index in [0.717, 1.165) is 5.03 Å². The van der Waals surface area contributed by atoms with Crippen molar-refractivity contribution < 1.29 is 9.72 Å². The molecule has 1 amide bonds. The third-order valence-corrected chi connectivity index (χ3v) is 3.97. The topological polar surface area (TPSA) is 85.1 Å². The first kappa shape index (κ1) is 16.0. The molecule has 0 unspecified atom stereocenters. The minimum atomic E-state index is -0.483. The van der Waals surface area contributed by atoms with E-state index in [9.17, 15) is 14.9 Å². The second kappa shape index (κ2) is 7.56. The molecular weight excluding hydrogens is 302 g/mol. The highest BCUT2D eigenvalue weighted by molar-refractivity contribution is 7.99. The number of aromatic nitrogens is 1. The van der Waals surface area contributed by atoms with Gasteiger partial charge in [-0.3, -0.25) is 14.9 Å². The van der Waals surface area contributed by atoms with E-state index in [-0.39, 0.29) is 11.6 Å². The van der Waals surface area contributed by atoms with Crippen LogP contribution < -0.4 is 5.32 Å². The summed E-state index contributed by atoms with van der Waals surface area (Å²) in [5, 5.41) is 14.5. The molecule has 114 valence electrons. The quantitative estimate of drug-likeness (QED) is 0.383. The zero-order chi connectivity index (χ0) is 15.9. The molecule has 1 aromatic heterocycles. The van der Waals surface area contributed by atoms with Gasteiger partial charge in [-0.1, -0.05) is 12.1 Å². The maximum atomic E-state index is 12.1.